The summed E-state index contributed by atoms with van der Waals surface area (Å²) in [6, 6.07) is -0.166. The first-order valence-electron chi connectivity index (χ1n) is 5.63. The van der Waals surface area contributed by atoms with E-state index in [4.69, 9.17) is 0 Å². The second-order valence-corrected chi connectivity index (χ2v) is 5.85. The SMILES string of the molecule is C[C@@H](O)[C@H]1C(=O)N2C(C(=O)[O-])=C3SCC[C@@H]3[C@H]12.[Na+]. The van der Waals surface area contributed by atoms with Gasteiger partial charge in [0.1, 0.15) is 0 Å². The quantitative estimate of drug-likeness (QED) is 0.410. The average Bonchev–Trinajstić information content (AvgIpc) is 2.75. The van der Waals surface area contributed by atoms with Gasteiger partial charge in [-0.3, -0.25) is 4.79 Å². The molecule has 0 unspecified atom stereocenters. The topological polar surface area (TPSA) is 80.7 Å². The number of aliphatic hydroxyl groups excluding tert-OH is 1. The van der Waals surface area contributed by atoms with Gasteiger partial charge in [0, 0.05) is 10.8 Å². The predicted octanol–water partition coefficient (Wildman–Crippen LogP) is -4.07. The van der Waals surface area contributed by atoms with Crippen LogP contribution in [0.2, 0.25) is 0 Å². The summed E-state index contributed by atoms with van der Waals surface area (Å²) in [5, 5.41) is 20.7. The fourth-order valence-electron chi connectivity index (χ4n) is 3.13. The summed E-state index contributed by atoms with van der Waals surface area (Å²) in [7, 11) is 0. The number of amides is 1. The van der Waals surface area contributed by atoms with Crippen LogP contribution in [0.3, 0.4) is 0 Å². The molecule has 3 aliphatic rings. The predicted molar refractivity (Wildman–Crippen MR) is 58.4 cm³/mol. The Bertz CT molecular complexity index is 450. The number of carboxylic acids is 1. The normalized spacial score (nSPS) is 34.7. The Hall–Kier alpha value is -0.01000. The Labute approximate surface area is 131 Å². The van der Waals surface area contributed by atoms with E-state index < -0.39 is 18.0 Å². The Morgan fingerprint density at radius 2 is 2.28 bits per heavy atom. The summed E-state index contributed by atoms with van der Waals surface area (Å²) in [4.78, 5) is 25.1. The van der Waals surface area contributed by atoms with Crippen molar-refractivity contribution in [2.45, 2.75) is 25.5 Å². The smallest absolute Gasteiger partial charge is 0.543 e. The number of aliphatic hydroxyl groups is 1. The van der Waals surface area contributed by atoms with E-state index >= 15 is 0 Å². The van der Waals surface area contributed by atoms with Crippen LogP contribution in [-0.4, -0.2) is 39.8 Å². The first kappa shape index (κ1) is 14.4. The van der Waals surface area contributed by atoms with Crippen LogP contribution < -0.4 is 34.7 Å². The monoisotopic (exact) mass is 277 g/mol. The van der Waals surface area contributed by atoms with E-state index in [9.17, 15) is 19.8 Å². The molecule has 0 aromatic carbocycles. The Balaban J connectivity index is 0.00000120. The zero-order chi connectivity index (χ0) is 12.3. The number of carbonyl (C=O) groups is 2. The molecule has 0 aromatic heterocycles. The summed E-state index contributed by atoms with van der Waals surface area (Å²) in [5.74, 6) is -1.05. The van der Waals surface area contributed by atoms with Crippen LogP contribution in [0, 0.1) is 11.8 Å². The van der Waals surface area contributed by atoms with Gasteiger partial charge in [0.15, 0.2) is 0 Å². The third-order valence-corrected chi connectivity index (χ3v) is 5.06. The number of β-lactam (4-membered cyclic amide) rings is 1. The number of carboxylic acid groups (broad SMARTS) is 1. The van der Waals surface area contributed by atoms with Crippen molar-refractivity contribution in [1.82, 2.24) is 4.90 Å². The molecule has 18 heavy (non-hydrogen) atoms. The fourth-order valence-corrected chi connectivity index (χ4v) is 4.52. The largest absolute Gasteiger partial charge is 1.00 e. The van der Waals surface area contributed by atoms with Crippen molar-refractivity contribution in [3.63, 3.8) is 0 Å². The van der Waals surface area contributed by atoms with Crippen molar-refractivity contribution < 1.29 is 49.4 Å². The number of rotatable bonds is 2. The molecule has 0 spiro atoms. The second-order valence-electron chi connectivity index (χ2n) is 4.71. The van der Waals surface area contributed by atoms with Crippen molar-refractivity contribution in [3.05, 3.63) is 10.6 Å². The second kappa shape index (κ2) is 4.83. The molecule has 0 saturated carbocycles. The maximum atomic E-state index is 11.9. The van der Waals surface area contributed by atoms with E-state index in [0.717, 1.165) is 17.1 Å². The number of hydrogen-bond donors (Lipinski definition) is 1. The molecule has 4 atom stereocenters. The minimum absolute atomic E-state index is 0. The molecule has 2 saturated heterocycles. The first-order valence-corrected chi connectivity index (χ1v) is 6.62. The molecule has 3 aliphatic heterocycles. The first-order chi connectivity index (χ1) is 8.04. The van der Waals surface area contributed by atoms with Crippen molar-refractivity contribution >= 4 is 23.6 Å². The molecule has 3 rings (SSSR count). The maximum Gasteiger partial charge on any atom is 1.00 e. The van der Waals surface area contributed by atoms with E-state index in [2.05, 4.69) is 0 Å². The fraction of sp³-hybridized carbons (Fsp3) is 0.636. The number of nitrogens with zero attached hydrogens (tertiary/aromatic N) is 1. The molecule has 0 bridgehead atoms. The van der Waals surface area contributed by atoms with E-state index in [1.807, 2.05) is 0 Å². The molecular weight excluding hydrogens is 265 g/mol. The van der Waals surface area contributed by atoms with Crippen molar-refractivity contribution in [3.8, 4) is 0 Å². The van der Waals surface area contributed by atoms with Crippen LogP contribution in [0.25, 0.3) is 0 Å². The molecule has 3 heterocycles. The molecule has 7 heteroatoms. The van der Waals surface area contributed by atoms with Crippen molar-refractivity contribution in [2.75, 3.05) is 5.75 Å². The molecule has 0 aliphatic carbocycles. The summed E-state index contributed by atoms with van der Waals surface area (Å²) in [5.41, 5.74) is 0.0457. The average molecular weight is 277 g/mol. The minimum atomic E-state index is -1.28. The van der Waals surface area contributed by atoms with Crippen LogP contribution >= 0.6 is 11.8 Å². The van der Waals surface area contributed by atoms with Gasteiger partial charge in [-0.1, -0.05) is 0 Å². The third-order valence-electron chi connectivity index (χ3n) is 3.81. The van der Waals surface area contributed by atoms with Crippen LogP contribution in [0.1, 0.15) is 13.3 Å². The number of thioether (sulfide) groups is 1. The van der Waals surface area contributed by atoms with Gasteiger partial charge in [-0.25, -0.2) is 0 Å². The molecule has 5 nitrogen and oxygen atoms in total. The van der Waals surface area contributed by atoms with Gasteiger partial charge < -0.3 is 19.9 Å². The zero-order valence-electron chi connectivity index (χ0n) is 10.3. The third kappa shape index (κ3) is 1.70. The standard InChI is InChI=1S/C11H13NO4S.Na/c1-4(13)6-7-5-2-3-17-9(5)8(11(15)16)12(7)10(6)14;/h4-7,13H,2-3H2,1H3,(H,15,16);/q;+1/p-1/t4-,5-,6-,7-;/m1./s1. The number of hydrogen-bond acceptors (Lipinski definition) is 5. The Morgan fingerprint density at radius 3 is 2.83 bits per heavy atom. The Morgan fingerprint density at radius 1 is 1.61 bits per heavy atom. The van der Waals surface area contributed by atoms with Crippen LogP contribution in [0.4, 0.5) is 0 Å². The van der Waals surface area contributed by atoms with Gasteiger partial charge in [-0.2, -0.15) is 0 Å². The molecular formula is C11H12NNaO4S. The van der Waals surface area contributed by atoms with Gasteiger partial charge in [0.25, 0.3) is 0 Å². The summed E-state index contributed by atoms with van der Waals surface area (Å²) < 4.78 is 0. The number of aliphatic carboxylic acids is 1. The van der Waals surface area contributed by atoms with Crippen LogP contribution in [0.15, 0.2) is 10.6 Å². The van der Waals surface area contributed by atoms with E-state index in [0.29, 0.717) is 0 Å². The molecule has 1 amide bonds. The molecule has 1 N–H and O–H groups in total. The van der Waals surface area contributed by atoms with Gasteiger partial charge in [0.2, 0.25) is 5.91 Å². The zero-order valence-corrected chi connectivity index (χ0v) is 13.1. The molecule has 2 fully saturated rings. The van der Waals surface area contributed by atoms with Gasteiger partial charge in [-0.15, -0.1) is 11.8 Å². The van der Waals surface area contributed by atoms with Crippen LogP contribution in [0.5, 0.6) is 0 Å². The van der Waals surface area contributed by atoms with Crippen molar-refractivity contribution in [1.29, 1.82) is 0 Å². The van der Waals surface area contributed by atoms with E-state index in [1.54, 1.807) is 6.92 Å². The van der Waals surface area contributed by atoms with Gasteiger partial charge in [-0.05, 0) is 19.1 Å². The number of carbonyl (C=O) groups excluding carboxylic acids is 2. The maximum absolute atomic E-state index is 11.9. The Kier molecular flexibility index (Phi) is 3.86. The molecule has 0 radical (unpaired) electrons. The van der Waals surface area contributed by atoms with E-state index in [1.165, 1.54) is 16.7 Å². The minimum Gasteiger partial charge on any atom is -0.543 e. The summed E-state index contributed by atoms with van der Waals surface area (Å²) >= 11 is 1.50. The van der Waals surface area contributed by atoms with Crippen LogP contribution in [-0.2, 0) is 9.59 Å². The number of fused-ring (bicyclic) bond motifs is 3. The van der Waals surface area contributed by atoms with Gasteiger partial charge >= 0.3 is 29.6 Å². The van der Waals surface area contributed by atoms with E-state index in [-0.39, 0.29) is 53.1 Å². The van der Waals surface area contributed by atoms with Crippen molar-refractivity contribution in [2.24, 2.45) is 11.8 Å². The van der Waals surface area contributed by atoms with Gasteiger partial charge in [0.05, 0.1) is 29.7 Å². The summed E-state index contributed by atoms with van der Waals surface area (Å²) in [6.45, 7) is 1.58. The molecule has 0 aromatic rings. The summed E-state index contributed by atoms with van der Waals surface area (Å²) in [6.07, 6.45) is 0.144. The molecule has 92 valence electrons.